The fourth-order valence-corrected chi connectivity index (χ4v) is 2.81. The zero-order chi connectivity index (χ0) is 14.3. The van der Waals surface area contributed by atoms with Crippen LogP contribution >= 0.6 is 0 Å². The average Bonchev–Trinajstić information content (AvgIpc) is 2.42. The third-order valence-corrected chi connectivity index (χ3v) is 4.09. The highest BCUT2D eigenvalue weighted by Crippen LogP contribution is 2.19. The van der Waals surface area contributed by atoms with Crippen LogP contribution in [-0.4, -0.2) is 59.1 Å². The van der Waals surface area contributed by atoms with Gasteiger partial charge in [-0.25, -0.2) is 0 Å². The molecule has 1 saturated heterocycles. The van der Waals surface area contributed by atoms with Gasteiger partial charge in [-0.1, -0.05) is 6.92 Å². The molecule has 0 saturated carbocycles. The summed E-state index contributed by atoms with van der Waals surface area (Å²) in [5.41, 5.74) is 0. The lowest BCUT2D eigenvalue weighted by Crippen LogP contribution is -2.49. The second-order valence-electron chi connectivity index (χ2n) is 5.79. The topological polar surface area (TPSA) is 43.8 Å². The Kier molecular flexibility index (Phi) is 7.39. The molecule has 0 radical (unpaired) electrons. The van der Waals surface area contributed by atoms with Crippen molar-refractivity contribution in [2.75, 3.05) is 26.2 Å². The number of likely N-dealkylation sites (tertiary alicyclic amines) is 1. The molecular weight excluding hydrogens is 240 g/mol. The number of hydrogen-bond acceptors (Lipinski definition) is 3. The molecule has 0 aromatic carbocycles. The number of carbonyl (C=O) groups excluding carboxylic acids is 1. The second-order valence-corrected chi connectivity index (χ2v) is 5.79. The SMILES string of the molecule is CCC1CCCCN1C(=O)CN(CCCO)C(C)C. The minimum absolute atomic E-state index is 0.193. The summed E-state index contributed by atoms with van der Waals surface area (Å²) in [6.07, 6.45) is 5.34. The molecule has 1 aliphatic rings. The van der Waals surface area contributed by atoms with E-state index in [0.29, 0.717) is 18.6 Å². The Balaban J connectivity index is 2.54. The highest BCUT2D eigenvalue weighted by molar-refractivity contribution is 5.78. The summed E-state index contributed by atoms with van der Waals surface area (Å²) in [4.78, 5) is 16.7. The molecule has 1 fully saturated rings. The van der Waals surface area contributed by atoms with Crippen molar-refractivity contribution in [1.29, 1.82) is 0 Å². The molecule has 0 aromatic heterocycles. The molecular formula is C15H30N2O2. The number of aliphatic hydroxyl groups is 1. The van der Waals surface area contributed by atoms with Crippen LogP contribution in [0.4, 0.5) is 0 Å². The monoisotopic (exact) mass is 270 g/mol. The molecule has 1 rings (SSSR count). The largest absolute Gasteiger partial charge is 0.396 e. The molecule has 0 aliphatic carbocycles. The molecule has 1 unspecified atom stereocenters. The van der Waals surface area contributed by atoms with Gasteiger partial charge in [-0.2, -0.15) is 0 Å². The van der Waals surface area contributed by atoms with E-state index in [1.165, 1.54) is 6.42 Å². The second kappa shape index (κ2) is 8.54. The molecule has 0 aromatic rings. The molecule has 0 spiro atoms. The van der Waals surface area contributed by atoms with Gasteiger partial charge in [0.05, 0.1) is 6.54 Å². The van der Waals surface area contributed by atoms with Crippen LogP contribution in [0.5, 0.6) is 0 Å². The van der Waals surface area contributed by atoms with E-state index < -0.39 is 0 Å². The first-order valence-electron chi connectivity index (χ1n) is 7.74. The van der Waals surface area contributed by atoms with Gasteiger partial charge in [0.1, 0.15) is 0 Å². The van der Waals surface area contributed by atoms with Crippen molar-refractivity contribution < 1.29 is 9.90 Å². The predicted molar refractivity (Wildman–Crippen MR) is 78.1 cm³/mol. The molecule has 4 heteroatoms. The summed E-state index contributed by atoms with van der Waals surface area (Å²) >= 11 is 0. The van der Waals surface area contributed by atoms with Crippen LogP contribution in [0.25, 0.3) is 0 Å². The molecule has 1 aliphatic heterocycles. The van der Waals surface area contributed by atoms with Gasteiger partial charge in [-0.3, -0.25) is 9.69 Å². The van der Waals surface area contributed by atoms with Gasteiger partial charge >= 0.3 is 0 Å². The molecule has 0 bridgehead atoms. The average molecular weight is 270 g/mol. The smallest absolute Gasteiger partial charge is 0.237 e. The zero-order valence-electron chi connectivity index (χ0n) is 12.8. The summed E-state index contributed by atoms with van der Waals surface area (Å²) in [5.74, 6) is 0.262. The number of carbonyl (C=O) groups is 1. The number of amides is 1. The Bertz CT molecular complexity index is 269. The van der Waals surface area contributed by atoms with E-state index in [2.05, 4.69) is 30.6 Å². The first-order valence-corrected chi connectivity index (χ1v) is 7.74. The van der Waals surface area contributed by atoms with E-state index in [1.54, 1.807) is 0 Å². The van der Waals surface area contributed by atoms with Crippen molar-refractivity contribution >= 4 is 5.91 Å². The number of rotatable bonds is 7. The first kappa shape index (κ1) is 16.4. The number of aliphatic hydroxyl groups excluding tert-OH is 1. The van der Waals surface area contributed by atoms with Gasteiger partial charge in [0, 0.05) is 31.8 Å². The Morgan fingerprint density at radius 3 is 2.74 bits per heavy atom. The van der Waals surface area contributed by atoms with E-state index in [1.807, 2.05) is 0 Å². The van der Waals surface area contributed by atoms with Gasteiger partial charge in [-0.05, 0) is 46.0 Å². The Labute approximate surface area is 117 Å². The van der Waals surface area contributed by atoms with E-state index in [9.17, 15) is 4.79 Å². The lowest BCUT2D eigenvalue weighted by atomic mass is 10.00. The van der Waals surface area contributed by atoms with Crippen LogP contribution in [0.3, 0.4) is 0 Å². The maximum atomic E-state index is 12.5. The summed E-state index contributed by atoms with van der Waals surface area (Å²) in [6.45, 7) is 8.79. The van der Waals surface area contributed by atoms with E-state index in [4.69, 9.17) is 5.11 Å². The standard InChI is InChI=1S/C15H30N2O2/c1-4-14-8-5-6-10-17(14)15(19)12-16(13(2)3)9-7-11-18/h13-14,18H,4-12H2,1-3H3. The van der Waals surface area contributed by atoms with Gasteiger partial charge in [0.25, 0.3) is 0 Å². The summed E-state index contributed by atoms with van der Waals surface area (Å²) in [6, 6.07) is 0.786. The van der Waals surface area contributed by atoms with Crippen LogP contribution in [0.15, 0.2) is 0 Å². The molecule has 1 atom stereocenters. The summed E-state index contributed by atoms with van der Waals surface area (Å²) in [7, 11) is 0. The van der Waals surface area contributed by atoms with Crippen molar-refractivity contribution in [3.63, 3.8) is 0 Å². The van der Waals surface area contributed by atoms with Crippen molar-refractivity contribution in [2.24, 2.45) is 0 Å². The third-order valence-electron chi connectivity index (χ3n) is 4.09. The fourth-order valence-electron chi connectivity index (χ4n) is 2.81. The maximum Gasteiger partial charge on any atom is 0.237 e. The Morgan fingerprint density at radius 2 is 2.16 bits per heavy atom. The zero-order valence-corrected chi connectivity index (χ0v) is 12.8. The normalized spacial score (nSPS) is 20.3. The minimum atomic E-state index is 0.193. The number of hydrogen-bond donors (Lipinski definition) is 1. The Morgan fingerprint density at radius 1 is 1.42 bits per heavy atom. The number of nitrogens with zero attached hydrogens (tertiary/aromatic N) is 2. The molecule has 1 amide bonds. The third kappa shape index (κ3) is 5.11. The van der Waals surface area contributed by atoms with Crippen LogP contribution in [-0.2, 0) is 4.79 Å². The Hall–Kier alpha value is -0.610. The van der Waals surface area contributed by atoms with E-state index >= 15 is 0 Å². The minimum Gasteiger partial charge on any atom is -0.396 e. The van der Waals surface area contributed by atoms with Gasteiger partial charge in [-0.15, -0.1) is 0 Å². The van der Waals surface area contributed by atoms with E-state index in [-0.39, 0.29) is 12.5 Å². The van der Waals surface area contributed by atoms with Crippen molar-refractivity contribution in [3.8, 4) is 0 Å². The van der Waals surface area contributed by atoms with Crippen LogP contribution in [0.2, 0.25) is 0 Å². The number of piperidine rings is 1. The van der Waals surface area contributed by atoms with Gasteiger partial charge in [0.15, 0.2) is 0 Å². The van der Waals surface area contributed by atoms with Crippen LogP contribution in [0, 0.1) is 0 Å². The highest BCUT2D eigenvalue weighted by Gasteiger charge is 2.26. The molecule has 1 N–H and O–H groups in total. The van der Waals surface area contributed by atoms with Crippen LogP contribution < -0.4 is 0 Å². The maximum absolute atomic E-state index is 12.5. The van der Waals surface area contributed by atoms with Crippen LogP contribution in [0.1, 0.15) is 52.9 Å². The lowest BCUT2D eigenvalue weighted by Gasteiger charge is -2.37. The van der Waals surface area contributed by atoms with Crippen molar-refractivity contribution in [2.45, 2.75) is 65.0 Å². The quantitative estimate of drug-likeness (QED) is 0.768. The van der Waals surface area contributed by atoms with Gasteiger partial charge in [0.2, 0.25) is 5.91 Å². The van der Waals surface area contributed by atoms with Crippen molar-refractivity contribution in [1.82, 2.24) is 9.80 Å². The fraction of sp³-hybridized carbons (Fsp3) is 0.933. The van der Waals surface area contributed by atoms with E-state index in [0.717, 1.165) is 38.8 Å². The molecule has 112 valence electrons. The molecule has 1 heterocycles. The lowest BCUT2D eigenvalue weighted by molar-refractivity contribution is -0.136. The van der Waals surface area contributed by atoms with Gasteiger partial charge < -0.3 is 10.0 Å². The summed E-state index contributed by atoms with van der Waals surface area (Å²) in [5, 5.41) is 8.94. The first-order chi connectivity index (χ1) is 9.10. The van der Waals surface area contributed by atoms with Crippen molar-refractivity contribution in [3.05, 3.63) is 0 Å². The summed E-state index contributed by atoms with van der Waals surface area (Å²) < 4.78 is 0. The predicted octanol–water partition coefficient (Wildman–Crippen LogP) is 1.87. The highest BCUT2D eigenvalue weighted by atomic mass is 16.3. The molecule has 4 nitrogen and oxygen atoms in total. The molecule has 19 heavy (non-hydrogen) atoms.